The first-order valence-electron chi connectivity index (χ1n) is 8.73. The van der Waals surface area contributed by atoms with Crippen LogP contribution in [0, 0.1) is 12.8 Å². The zero-order valence-corrected chi connectivity index (χ0v) is 15.5. The molecule has 26 heavy (non-hydrogen) atoms. The van der Waals surface area contributed by atoms with Crippen molar-refractivity contribution < 1.29 is 17.9 Å². The van der Waals surface area contributed by atoms with Gasteiger partial charge in [0.25, 0.3) is 0 Å². The lowest BCUT2D eigenvalue weighted by molar-refractivity contribution is -0.107. The van der Waals surface area contributed by atoms with Gasteiger partial charge < -0.3 is 9.47 Å². The maximum absolute atomic E-state index is 12.8. The van der Waals surface area contributed by atoms with Gasteiger partial charge in [-0.2, -0.15) is 4.31 Å². The average Bonchev–Trinajstić information content (AvgIpc) is 3.04. The number of benzene rings is 1. The smallest absolute Gasteiger partial charge is 0.243 e. The van der Waals surface area contributed by atoms with Crippen molar-refractivity contribution in [1.82, 2.24) is 9.29 Å². The minimum absolute atomic E-state index is 0.173. The molecule has 2 aromatic rings. The second-order valence-electron chi connectivity index (χ2n) is 6.98. The lowest BCUT2D eigenvalue weighted by Gasteiger charge is -2.49. The number of aryl methyl sites for hydroxylation is 1. The van der Waals surface area contributed by atoms with E-state index in [1.807, 2.05) is 31.2 Å². The summed E-state index contributed by atoms with van der Waals surface area (Å²) in [6.45, 7) is 3.84. The molecule has 0 amide bonds. The number of sulfonamides is 1. The van der Waals surface area contributed by atoms with Crippen LogP contribution < -0.4 is 4.74 Å². The van der Waals surface area contributed by atoms with Crippen molar-refractivity contribution >= 4 is 10.0 Å². The first-order valence-corrected chi connectivity index (χ1v) is 10.2. The van der Waals surface area contributed by atoms with Crippen LogP contribution in [0.25, 0.3) is 0 Å². The highest BCUT2D eigenvalue weighted by molar-refractivity contribution is 7.89. The fraction of sp³-hybridized carbons (Fsp3) is 0.421. The van der Waals surface area contributed by atoms with Crippen LogP contribution in [-0.2, 0) is 14.8 Å². The second-order valence-corrected chi connectivity index (χ2v) is 8.92. The molecule has 6 nitrogen and oxygen atoms in total. The predicted molar refractivity (Wildman–Crippen MR) is 96.5 cm³/mol. The van der Waals surface area contributed by atoms with Gasteiger partial charge >= 0.3 is 0 Å². The highest BCUT2D eigenvalue weighted by Crippen LogP contribution is 2.42. The quantitative estimate of drug-likeness (QED) is 0.803. The Bertz CT molecular complexity index is 862. The van der Waals surface area contributed by atoms with Crippen LogP contribution in [0.3, 0.4) is 0 Å². The molecule has 0 saturated carbocycles. The molecule has 1 atom stereocenters. The van der Waals surface area contributed by atoms with E-state index < -0.39 is 15.6 Å². The van der Waals surface area contributed by atoms with Gasteiger partial charge in [0.05, 0.1) is 17.7 Å². The summed E-state index contributed by atoms with van der Waals surface area (Å²) in [5.74, 6) is 0.894. The highest BCUT2D eigenvalue weighted by atomic mass is 32.2. The van der Waals surface area contributed by atoms with E-state index in [1.54, 1.807) is 24.5 Å². The molecule has 0 unspecified atom stereocenters. The third-order valence-corrected chi connectivity index (χ3v) is 7.04. The largest absolute Gasteiger partial charge is 0.492 e. The van der Waals surface area contributed by atoms with Gasteiger partial charge in [-0.25, -0.2) is 8.42 Å². The number of nitrogens with zero attached hydrogens (tertiary/aromatic N) is 2. The van der Waals surface area contributed by atoms with Crippen molar-refractivity contribution in [3.05, 3.63) is 54.4 Å². The summed E-state index contributed by atoms with van der Waals surface area (Å²) < 4.78 is 38.9. The molecular formula is C19H22N2O4S. The fourth-order valence-corrected chi connectivity index (χ4v) is 5.13. The molecule has 2 aliphatic rings. The molecule has 1 spiro atoms. The lowest BCUT2D eigenvalue weighted by Crippen LogP contribution is -2.66. The van der Waals surface area contributed by atoms with Crippen molar-refractivity contribution in [2.45, 2.75) is 23.8 Å². The minimum atomic E-state index is -3.47. The molecule has 2 aliphatic heterocycles. The van der Waals surface area contributed by atoms with Crippen molar-refractivity contribution in [3.63, 3.8) is 0 Å². The van der Waals surface area contributed by atoms with Crippen LogP contribution in [0.5, 0.6) is 5.75 Å². The van der Waals surface area contributed by atoms with Gasteiger partial charge in [0.2, 0.25) is 10.0 Å². The zero-order valence-electron chi connectivity index (χ0n) is 14.7. The van der Waals surface area contributed by atoms with Gasteiger partial charge in [0, 0.05) is 31.8 Å². The predicted octanol–water partition coefficient (Wildman–Crippen LogP) is 2.25. The van der Waals surface area contributed by atoms with Gasteiger partial charge in [-0.05, 0) is 37.6 Å². The van der Waals surface area contributed by atoms with E-state index in [0.29, 0.717) is 31.2 Å². The standard InChI is InChI=1S/C19H22N2O4S/c1-15-4-6-18(7-5-15)26(22,23)21-13-19(14-21)16(8-10-25-19)12-24-17-3-2-9-20-11-17/h2-7,9,11,16H,8,10,12-14H2,1H3/t16-/m0/s1. The number of rotatable bonds is 5. The fourth-order valence-electron chi connectivity index (χ4n) is 3.58. The molecule has 0 bridgehead atoms. The van der Waals surface area contributed by atoms with Crippen LogP contribution in [0.1, 0.15) is 12.0 Å². The minimum Gasteiger partial charge on any atom is -0.492 e. The van der Waals surface area contributed by atoms with Crippen molar-refractivity contribution in [3.8, 4) is 5.75 Å². The van der Waals surface area contributed by atoms with E-state index in [9.17, 15) is 8.42 Å². The van der Waals surface area contributed by atoms with E-state index in [-0.39, 0.29) is 5.92 Å². The SMILES string of the molecule is Cc1ccc(S(=O)(=O)N2CC3(C2)OCC[C@H]3COc2cccnc2)cc1. The molecule has 1 aromatic heterocycles. The van der Waals surface area contributed by atoms with E-state index in [2.05, 4.69) is 4.98 Å². The Morgan fingerprint density at radius 2 is 2.04 bits per heavy atom. The molecule has 4 rings (SSSR count). The van der Waals surface area contributed by atoms with E-state index in [0.717, 1.165) is 17.7 Å². The zero-order chi connectivity index (χ0) is 18.2. The maximum Gasteiger partial charge on any atom is 0.243 e. The number of aromatic nitrogens is 1. The normalized spacial score (nSPS) is 22.3. The van der Waals surface area contributed by atoms with Gasteiger partial charge in [-0.1, -0.05) is 17.7 Å². The summed E-state index contributed by atoms with van der Waals surface area (Å²) in [7, 11) is -3.47. The summed E-state index contributed by atoms with van der Waals surface area (Å²) in [4.78, 5) is 4.37. The number of hydrogen-bond acceptors (Lipinski definition) is 5. The molecule has 0 radical (unpaired) electrons. The third kappa shape index (κ3) is 3.11. The topological polar surface area (TPSA) is 68.7 Å². The molecule has 1 aromatic carbocycles. The van der Waals surface area contributed by atoms with E-state index >= 15 is 0 Å². The van der Waals surface area contributed by atoms with E-state index in [1.165, 1.54) is 4.31 Å². The number of hydrogen-bond donors (Lipinski definition) is 0. The van der Waals surface area contributed by atoms with Crippen LogP contribution in [0.4, 0.5) is 0 Å². The summed E-state index contributed by atoms with van der Waals surface area (Å²) >= 11 is 0. The summed E-state index contributed by atoms with van der Waals surface area (Å²) in [5, 5.41) is 0. The van der Waals surface area contributed by atoms with Crippen molar-refractivity contribution in [1.29, 1.82) is 0 Å². The average molecular weight is 374 g/mol. The Labute approximate surface area is 153 Å². The first-order chi connectivity index (χ1) is 12.5. The Morgan fingerprint density at radius 1 is 1.27 bits per heavy atom. The molecular weight excluding hydrogens is 352 g/mol. The Morgan fingerprint density at radius 3 is 2.73 bits per heavy atom. The van der Waals surface area contributed by atoms with Gasteiger partial charge in [-0.3, -0.25) is 4.98 Å². The molecule has 138 valence electrons. The van der Waals surface area contributed by atoms with E-state index in [4.69, 9.17) is 9.47 Å². The van der Waals surface area contributed by atoms with Crippen LogP contribution in [-0.4, -0.2) is 49.6 Å². The second kappa shape index (κ2) is 6.64. The Balaban J connectivity index is 1.42. The molecule has 3 heterocycles. The lowest BCUT2D eigenvalue weighted by atomic mass is 9.83. The number of pyridine rings is 1. The van der Waals surface area contributed by atoms with Crippen LogP contribution in [0.2, 0.25) is 0 Å². The third-order valence-electron chi connectivity index (χ3n) is 5.23. The number of ether oxygens (including phenoxy) is 2. The van der Waals surface area contributed by atoms with Gasteiger partial charge in [-0.15, -0.1) is 0 Å². The highest BCUT2D eigenvalue weighted by Gasteiger charge is 2.56. The Kier molecular flexibility index (Phi) is 4.46. The summed E-state index contributed by atoms with van der Waals surface area (Å²) in [5.41, 5.74) is 0.607. The van der Waals surface area contributed by atoms with Crippen LogP contribution in [0.15, 0.2) is 53.7 Å². The molecule has 0 aliphatic carbocycles. The first kappa shape index (κ1) is 17.5. The molecule has 0 N–H and O–H groups in total. The van der Waals surface area contributed by atoms with Crippen LogP contribution >= 0.6 is 0 Å². The monoisotopic (exact) mass is 374 g/mol. The summed E-state index contributed by atoms with van der Waals surface area (Å²) in [6.07, 6.45) is 4.25. The molecule has 2 saturated heterocycles. The van der Waals surface area contributed by atoms with Crippen molar-refractivity contribution in [2.75, 3.05) is 26.3 Å². The maximum atomic E-state index is 12.8. The molecule has 2 fully saturated rings. The molecule has 7 heteroatoms. The summed E-state index contributed by atoms with van der Waals surface area (Å²) in [6, 6.07) is 10.7. The Hall–Kier alpha value is -1.96. The van der Waals surface area contributed by atoms with Gasteiger partial charge in [0.15, 0.2) is 0 Å². The van der Waals surface area contributed by atoms with Gasteiger partial charge in [0.1, 0.15) is 11.4 Å². The van der Waals surface area contributed by atoms with Crippen molar-refractivity contribution in [2.24, 2.45) is 5.92 Å².